The first-order chi connectivity index (χ1) is 11.7. The fraction of sp³-hybridized carbons (Fsp3) is 0.105. The van der Waals surface area contributed by atoms with Crippen LogP contribution in [0.5, 0.6) is 0 Å². The molecule has 0 N–H and O–H groups in total. The maximum absolute atomic E-state index is 9.36. The normalized spacial score (nSPS) is 10.8. The lowest BCUT2D eigenvalue weighted by Gasteiger charge is -2.03. The van der Waals surface area contributed by atoms with Gasteiger partial charge in [-0.25, -0.2) is 9.97 Å². The van der Waals surface area contributed by atoms with Crippen molar-refractivity contribution in [3.05, 3.63) is 71.0 Å². The third-order valence-electron chi connectivity index (χ3n) is 3.92. The Morgan fingerprint density at radius 3 is 2.67 bits per heavy atom. The Morgan fingerprint density at radius 1 is 1.08 bits per heavy atom. The van der Waals surface area contributed by atoms with Crippen molar-refractivity contribution in [3.8, 4) is 16.6 Å². The smallest absolute Gasteiger partial charge is 0.214 e. The summed E-state index contributed by atoms with van der Waals surface area (Å²) in [6.07, 6.45) is 0. The second-order valence-electron chi connectivity index (χ2n) is 5.63. The van der Waals surface area contributed by atoms with Crippen LogP contribution >= 0.6 is 11.3 Å². The second-order valence-corrected chi connectivity index (χ2v) is 6.49. The summed E-state index contributed by atoms with van der Waals surface area (Å²) in [7, 11) is 0. The first-order valence-electron chi connectivity index (χ1n) is 7.61. The lowest BCUT2D eigenvalue weighted by Crippen LogP contribution is -2.03. The number of hydrogen-bond acceptors (Lipinski definition) is 4. The van der Waals surface area contributed by atoms with E-state index in [1.165, 1.54) is 5.56 Å². The molecule has 2 aromatic heterocycles. The van der Waals surface area contributed by atoms with Crippen molar-refractivity contribution in [1.29, 1.82) is 5.26 Å². The van der Waals surface area contributed by atoms with Crippen molar-refractivity contribution in [2.24, 2.45) is 0 Å². The summed E-state index contributed by atoms with van der Waals surface area (Å²) in [5.74, 6) is 0.418. The van der Waals surface area contributed by atoms with Crippen LogP contribution in [0.3, 0.4) is 0 Å². The van der Waals surface area contributed by atoms with Crippen LogP contribution in [0.25, 0.3) is 21.6 Å². The van der Waals surface area contributed by atoms with Gasteiger partial charge in [0.15, 0.2) is 0 Å². The highest BCUT2D eigenvalue weighted by Gasteiger charge is 2.12. The molecule has 0 amide bonds. The summed E-state index contributed by atoms with van der Waals surface area (Å²) >= 11 is 1.62. The fourth-order valence-electron chi connectivity index (χ4n) is 2.69. The molecule has 4 rings (SSSR count). The summed E-state index contributed by atoms with van der Waals surface area (Å²) in [6, 6.07) is 18.3. The SMILES string of the molecule is Cc1ccc(-c2nc(Cn3c(C#N)nc4ccccc43)cs2)cc1. The zero-order valence-corrected chi connectivity index (χ0v) is 13.9. The number of benzene rings is 2. The van der Waals surface area contributed by atoms with Gasteiger partial charge in [-0.15, -0.1) is 11.3 Å². The molecule has 2 aromatic carbocycles. The number of para-hydroxylation sites is 2. The minimum Gasteiger partial charge on any atom is -0.309 e. The highest BCUT2D eigenvalue weighted by Crippen LogP contribution is 2.25. The summed E-state index contributed by atoms with van der Waals surface area (Å²) in [4.78, 5) is 9.11. The van der Waals surface area contributed by atoms with Crippen molar-refractivity contribution in [3.63, 3.8) is 0 Å². The Hall–Kier alpha value is -2.97. The van der Waals surface area contributed by atoms with Gasteiger partial charge in [0.2, 0.25) is 5.82 Å². The van der Waals surface area contributed by atoms with Crippen LogP contribution in [-0.2, 0) is 6.54 Å². The van der Waals surface area contributed by atoms with Crippen LogP contribution in [-0.4, -0.2) is 14.5 Å². The van der Waals surface area contributed by atoms with E-state index in [0.717, 1.165) is 27.3 Å². The van der Waals surface area contributed by atoms with Crippen LogP contribution in [0.4, 0.5) is 0 Å². The van der Waals surface area contributed by atoms with Gasteiger partial charge in [0.25, 0.3) is 0 Å². The molecule has 0 unspecified atom stereocenters. The van der Waals surface area contributed by atoms with E-state index in [1.54, 1.807) is 11.3 Å². The van der Waals surface area contributed by atoms with E-state index in [-0.39, 0.29) is 0 Å². The van der Waals surface area contributed by atoms with Crippen molar-refractivity contribution >= 4 is 22.4 Å². The fourth-order valence-corrected chi connectivity index (χ4v) is 3.51. The van der Waals surface area contributed by atoms with E-state index < -0.39 is 0 Å². The quantitative estimate of drug-likeness (QED) is 0.560. The third-order valence-corrected chi connectivity index (χ3v) is 4.87. The standard InChI is InChI=1S/C19H14N4S/c1-13-6-8-14(9-7-13)19-21-15(12-24-19)11-23-17-5-3-2-4-16(17)22-18(23)10-20/h2-9,12H,11H2,1H3. The van der Waals surface area contributed by atoms with Gasteiger partial charge in [-0.1, -0.05) is 42.0 Å². The zero-order valence-electron chi connectivity index (χ0n) is 13.1. The van der Waals surface area contributed by atoms with E-state index in [4.69, 9.17) is 4.98 Å². The van der Waals surface area contributed by atoms with Crippen molar-refractivity contribution in [1.82, 2.24) is 14.5 Å². The Labute approximate surface area is 143 Å². The maximum Gasteiger partial charge on any atom is 0.214 e. The summed E-state index contributed by atoms with van der Waals surface area (Å²) in [5.41, 5.74) is 5.09. The molecular weight excluding hydrogens is 316 g/mol. The average Bonchev–Trinajstić information content (AvgIpc) is 3.21. The molecule has 24 heavy (non-hydrogen) atoms. The van der Waals surface area contributed by atoms with Gasteiger partial charge in [-0.2, -0.15) is 5.26 Å². The van der Waals surface area contributed by atoms with Gasteiger partial charge in [0.1, 0.15) is 11.1 Å². The van der Waals surface area contributed by atoms with Gasteiger partial charge in [-0.3, -0.25) is 0 Å². The van der Waals surface area contributed by atoms with Crippen LogP contribution in [0.2, 0.25) is 0 Å². The molecule has 0 aliphatic heterocycles. The molecule has 0 fully saturated rings. The monoisotopic (exact) mass is 330 g/mol. The number of aromatic nitrogens is 3. The number of hydrogen-bond donors (Lipinski definition) is 0. The van der Waals surface area contributed by atoms with Crippen LogP contribution in [0, 0.1) is 18.3 Å². The lowest BCUT2D eigenvalue weighted by molar-refractivity contribution is 0.790. The average molecular weight is 330 g/mol. The van der Waals surface area contributed by atoms with Gasteiger partial charge in [0.05, 0.1) is 23.3 Å². The van der Waals surface area contributed by atoms with E-state index >= 15 is 0 Å². The third kappa shape index (κ3) is 2.57. The Kier molecular flexibility index (Phi) is 3.60. The van der Waals surface area contributed by atoms with Crippen molar-refractivity contribution < 1.29 is 0 Å². The van der Waals surface area contributed by atoms with Gasteiger partial charge < -0.3 is 4.57 Å². The number of nitrogens with zero attached hydrogens (tertiary/aromatic N) is 4. The van der Waals surface area contributed by atoms with Crippen LogP contribution in [0.1, 0.15) is 17.1 Å². The highest BCUT2D eigenvalue weighted by atomic mass is 32.1. The van der Waals surface area contributed by atoms with Crippen LogP contribution in [0.15, 0.2) is 53.9 Å². The maximum atomic E-state index is 9.36. The van der Waals surface area contributed by atoms with E-state index in [0.29, 0.717) is 12.4 Å². The molecule has 4 nitrogen and oxygen atoms in total. The number of aryl methyl sites for hydroxylation is 1. The first-order valence-corrected chi connectivity index (χ1v) is 8.49. The predicted octanol–water partition coefficient (Wildman–Crippen LogP) is 4.39. The second kappa shape index (κ2) is 5.91. The molecule has 5 heteroatoms. The predicted molar refractivity (Wildman–Crippen MR) is 95.8 cm³/mol. The molecule has 0 saturated heterocycles. The van der Waals surface area contributed by atoms with E-state index in [9.17, 15) is 5.26 Å². The molecular formula is C19H14N4S. The molecule has 0 radical (unpaired) electrons. The Morgan fingerprint density at radius 2 is 1.88 bits per heavy atom. The zero-order chi connectivity index (χ0) is 16.5. The van der Waals surface area contributed by atoms with E-state index in [2.05, 4.69) is 42.2 Å². The highest BCUT2D eigenvalue weighted by molar-refractivity contribution is 7.13. The summed E-state index contributed by atoms with van der Waals surface area (Å²) in [6.45, 7) is 2.62. The lowest BCUT2D eigenvalue weighted by atomic mass is 10.2. The molecule has 0 aliphatic carbocycles. The molecule has 0 aliphatic rings. The number of fused-ring (bicyclic) bond motifs is 1. The molecule has 116 valence electrons. The number of nitriles is 1. The van der Waals surface area contributed by atoms with Gasteiger partial charge in [0, 0.05) is 10.9 Å². The molecule has 0 spiro atoms. The van der Waals surface area contributed by atoms with Gasteiger partial charge in [-0.05, 0) is 19.1 Å². The number of thiazole rings is 1. The van der Waals surface area contributed by atoms with Gasteiger partial charge >= 0.3 is 0 Å². The molecule has 0 bridgehead atoms. The largest absolute Gasteiger partial charge is 0.309 e. The Balaban J connectivity index is 1.70. The molecule has 0 saturated carbocycles. The molecule has 2 heterocycles. The molecule has 0 atom stereocenters. The first kappa shape index (κ1) is 14.6. The summed E-state index contributed by atoms with van der Waals surface area (Å²) in [5, 5.41) is 12.4. The minimum atomic E-state index is 0.418. The van der Waals surface area contributed by atoms with Crippen LogP contribution < -0.4 is 0 Å². The summed E-state index contributed by atoms with van der Waals surface area (Å²) < 4.78 is 1.92. The number of rotatable bonds is 3. The number of imidazole rings is 1. The molecule has 4 aromatic rings. The van der Waals surface area contributed by atoms with Crippen molar-refractivity contribution in [2.45, 2.75) is 13.5 Å². The van der Waals surface area contributed by atoms with Crippen molar-refractivity contribution in [2.75, 3.05) is 0 Å². The van der Waals surface area contributed by atoms with E-state index in [1.807, 2.05) is 34.2 Å². The minimum absolute atomic E-state index is 0.418. The Bertz CT molecular complexity index is 1050. The topological polar surface area (TPSA) is 54.5 Å².